The zero-order chi connectivity index (χ0) is 18.7. The topological polar surface area (TPSA) is 95.0 Å². The Morgan fingerprint density at radius 1 is 1.16 bits per heavy atom. The highest BCUT2D eigenvalue weighted by atomic mass is 32.1. The van der Waals surface area contributed by atoms with Crippen molar-refractivity contribution < 1.29 is 24.3 Å². The lowest BCUT2D eigenvalue weighted by Crippen LogP contribution is -2.75. The third kappa shape index (κ3) is 2.43. The van der Waals surface area contributed by atoms with Gasteiger partial charge in [-0.2, -0.15) is 12.6 Å². The molecule has 0 aliphatic carbocycles. The van der Waals surface area contributed by atoms with Gasteiger partial charge in [0, 0.05) is 4.75 Å². The number of rotatable bonds is 4. The van der Waals surface area contributed by atoms with Gasteiger partial charge < -0.3 is 10.0 Å². The molecule has 0 spiro atoms. The smallest absolute Gasteiger partial charge is 0.327 e. The van der Waals surface area contributed by atoms with Crippen molar-refractivity contribution in [2.75, 3.05) is 0 Å². The molecule has 2 heterocycles. The molecule has 3 rings (SSSR count). The lowest BCUT2D eigenvalue weighted by Gasteiger charge is -2.52. The number of hydrogen-bond donors (Lipinski definition) is 2. The highest BCUT2D eigenvalue weighted by Gasteiger charge is 2.59. The summed E-state index contributed by atoms with van der Waals surface area (Å²) in [4.78, 5) is 51.5. The van der Waals surface area contributed by atoms with Crippen molar-refractivity contribution in [1.29, 1.82) is 0 Å². The number of carbonyl (C=O) groups excluding carboxylic acids is 3. The fourth-order valence-electron chi connectivity index (χ4n) is 3.54. The summed E-state index contributed by atoms with van der Waals surface area (Å²) in [5.41, 5.74) is 0.519. The van der Waals surface area contributed by atoms with E-state index in [-0.39, 0.29) is 11.1 Å². The maximum atomic E-state index is 12.7. The van der Waals surface area contributed by atoms with E-state index in [0.29, 0.717) is 0 Å². The molecule has 3 amide bonds. The standard InChI is InChI=1S/C17H18N2O5S/c1-8-11(15(22)18(8)12(16(23)24)17(2,3)25)19-13(20)9-6-4-5-7-10(9)14(19)21/h4-8,11-12,25H,1-3H3,(H,23,24)/t8-,11+,12+/m1/s1. The second-order valence-corrected chi connectivity index (χ2v) is 8.00. The number of β-lactam (4-membered cyclic amide) rings is 1. The number of likely N-dealkylation sites (tertiary alicyclic amines) is 1. The number of aliphatic carboxylic acids is 1. The van der Waals surface area contributed by atoms with Crippen LogP contribution in [0.15, 0.2) is 24.3 Å². The normalized spacial score (nSPS) is 24.2. The number of benzene rings is 1. The Kier molecular flexibility index (Phi) is 3.90. The van der Waals surface area contributed by atoms with Gasteiger partial charge in [-0.05, 0) is 32.9 Å². The first-order valence-electron chi connectivity index (χ1n) is 7.81. The SMILES string of the molecule is C[C@@H]1[C@H](N2C(=O)c3ccccc3C2=O)C(=O)N1[C@@H](C(=O)O)C(C)(C)S. The van der Waals surface area contributed by atoms with Crippen molar-refractivity contribution >= 4 is 36.3 Å². The van der Waals surface area contributed by atoms with Crippen molar-refractivity contribution in [3.63, 3.8) is 0 Å². The summed E-state index contributed by atoms with van der Waals surface area (Å²) in [6, 6.07) is 3.61. The maximum absolute atomic E-state index is 12.7. The van der Waals surface area contributed by atoms with Gasteiger partial charge in [0.25, 0.3) is 11.8 Å². The second-order valence-electron chi connectivity index (χ2n) is 6.85. The van der Waals surface area contributed by atoms with E-state index >= 15 is 0 Å². The molecule has 25 heavy (non-hydrogen) atoms. The summed E-state index contributed by atoms with van der Waals surface area (Å²) in [7, 11) is 0. The molecule has 1 N–H and O–H groups in total. The van der Waals surface area contributed by atoms with E-state index in [1.807, 2.05) is 0 Å². The number of hydrogen-bond acceptors (Lipinski definition) is 5. The zero-order valence-electron chi connectivity index (χ0n) is 14.0. The van der Waals surface area contributed by atoms with Gasteiger partial charge in [-0.3, -0.25) is 19.3 Å². The summed E-state index contributed by atoms with van der Waals surface area (Å²) < 4.78 is -0.983. The average Bonchev–Trinajstić information content (AvgIpc) is 2.77. The fraction of sp³-hybridized carbons (Fsp3) is 0.412. The van der Waals surface area contributed by atoms with Crippen molar-refractivity contribution in [3.05, 3.63) is 35.4 Å². The van der Waals surface area contributed by atoms with Gasteiger partial charge in [-0.1, -0.05) is 12.1 Å². The molecule has 0 aromatic heterocycles. The molecule has 0 saturated carbocycles. The molecular weight excluding hydrogens is 344 g/mol. The van der Waals surface area contributed by atoms with E-state index in [1.165, 1.54) is 17.0 Å². The van der Waals surface area contributed by atoms with Gasteiger partial charge >= 0.3 is 5.97 Å². The Labute approximate surface area is 150 Å². The van der Waals surface area contributed by atoms with Crippen molar-refractivity contribution in [3.8, 4) is 0 Å². The van der Waals surface area contributed by atoms with E-state index in [9.17, 15) is 24.3 Å². The van der Waals surface area contributed by atoms with Gasteiger partial charge in [0.1, 0.15) is 12.1 Å². The number of amides is 3. The molecule has 132 valence electrons. The van der Waals surface area contributed by atoms with Crippen LogP contribution in [0.4, 0.5) is 0 Å². The molecule has 8 heteroatoms. The number of fused-ring (bicyclic) bond motifs is 1. The summed E-state index contributed by atoms with van der Waals surface area (Å²) in [5, 5.41) is 9.49. The van der Waals surface area contributed by atoms with Gasteiger partial charge in [0.05, 0.1) is 17.2 Å². The number of carboxylic acid groups (broad SMARTS) is 1. The Morgan fingerprint density at radius 3 is 2.00 bits per heavy atom. The van der Waals surface area contributed by atoms with Crippen LogP contribution in [0.5, 0.6) is 0 Å². The third-order valence-corrected chi connectivity index (χ3v) is 4.93. The molecule has 2 aliphatic rings. The van der Waals surface area contributed by atoms with E-state index < -0.39 is 46.6 Å². The van der Waals surface area contributed by atoms with E-state index in [1.54, 1.807) is 32.9 Å². The van der Waals surface area contributed by atoms with Crippen LogP contribution in [-0.4, -0.2) is 61.5 Å². The molecule has 7 nitrogen and oxygen atoms in total. The highest BCUT2D eigenvalue weighted by Crippen LogP contribution is 2.37. The van der Waals surface area contributed by atoms with Crippen LogP contribution in [0.1, 0.15) is 41.5 Å². The van der Waals surface area contributed by atoms with Crippen LogP contribution in [0.25, 0.3) is 0 Å². The largest absolute Gasteiger partial charge is 0.480 e. The van der Waals surface area contributed by atoms with Crippen molar-refractivity contribution in [1.82, 2.24) is 9.80 Å². The average molecular weight is 362 g/mol. The summed E-state index contributed by atoms with van der Waals surface area (Å²) in [6.45, 7) is 4.83. The third-order valence-electron chi connectivity index (χ3n) is 4.69. The molecule has 1 saturated heterocycles. The maximum Gasteiger partial charge on any atom is 0.327 e. The minimum absolute atomic E-state index is 0.259. The molecular formula is C17H18N2O5S. The summed E-state index contributed by atoms with van der Waals surface area (Å²) in [6.07, 6.45) is 0. The number of carbonyl (C=O) groups is 4. The minimum atomic E-state index is -1.18. The summed E-state index contributed by atoms with van der Waals surface area (Å²) in [5.74, 6) is -2.79. The predicted molar refractivity (Wildman–Crippen MR) is 91.5 cm³/mol. The van der Waals surface area contributed by atoms with Crippen LogP contribution in [0.2, 0.25) is 0 Å². The molecule has 1 fully saturated rings. The minimum Gasteiger partial charge on any atom is -0.480 e. The molecule has 0 unspecified atom stereocenters. The first-order chi connectivity index (χ1) is 11.6. The molecule has 2 aliphatic heterocycles. The molecule has 3 atom stereocenters. The van der Waals surface area contributed by atoms with Crippen molar-refractivity contribution in [2.45, 2.75) is 43.6 Å². The fourth-order valence-corrected chi connectivity index (χ4v) is 3.78. The molecule has 0 bridgehead atoms. The number of imide groups is 1. The number of thiol groups is 1. The Morgan fingerprint density at radius 2 is 1.64 bits per heavy atom. The van der Waals surface area contributed by atoms with Gasteiger partial charge in [0.2, 0.25) is 5.91 Å². The first kappa shape index (κ1) is 17.5. The number of nitrogens with zero attached hydrogens (tertiary/aromatic N) is 2. The van der Waals surface area contributed by atoms with Gasteiger partial charge in [-0.25, -0.2) is 4.79 Å². The first-order valence-corrected chi connectivity index (χ1v) is 8.26. The van der Waals surface area contributed by atoms with Crippen LogP contribution < -0.4 is 0 Å². The predicted octanol–water partition coefficient (Wildman–Crippen LogP) is 1.04. The molecule has 1 aromatic rings. The molecule has 0 radical (unpaired) electrons. The van der Waals surface area contributed by atoms with E-state index in [4.69, 9.17) is 0 Å². The highest BCUT2D eigenvalue weighted by molar-refractivity contribution is 7.81. The molecule has 1 aromatic carbocycles. The quantitative estimate of drug-likeness (QED) is 0.474. The Bertz CT molecular complexity index is 765. The number of carboxylic acids is 1. The second kappa shape index (κ2) is 5.59. The van der Waals surface area contributed by atoms with E-state index in [2.05, 4.69) is 12.6 Å². The van der Waals surface area contributed by atoms with Crippen LogP contribution >= 0.6 is 12.6 Å². The van der Waals surface area contributed by atoms with Gasteiger partial charge in [-0.15, -0.1) is 0 Å². The Balaban J connectivity index is 1.91. The summed E-state index contributed by atoms with van der Waals surface area (Å²) >= 11 is 4.29. The lowest BCUT2D eigenvalue weighted by atomic mass is 9.88. The lowest BCUT2D eigenvalue weighted by molar-refractivity contribution is -0.169. The van der Waals surface area contributed by atoms with Gasteiger partial charge in [0.15, 0.2) is 0 Å². The van der Waals surface area contributed by atoms with Crippen LogP contribution in [-0.2, 0) is 9.59 Å². The monoisotopic (exact) mass is 362 g/mol. The Hall–Kier alpha value is -2.35. The zero-order valence-corrected chi connectivity index (χ0v) is 14.9. The van der Waals surface area contributed by atoms with E-state index in [0.717, 1.165) is 4.90 Å². The van der Waals surface area contributed by atoms with Crippen molar-refractivity contribution in [2.24, 2.45) is 0 Å². The van der Waals surface area contributed by atoms with Crippen LogP contribution in [0, 0.1) is 0 Å². The van der Waals surface area contributed by atoms with Crippen LogP contribution in [0.3, 0.4) is 0 Å².